The minimum Gasteiger partial charge on any atom is -0.457 e. The summed E-state index contributed by atoms with van der Waals surface area (Å²) in [5.41, 5.74) is 0.929. The zero-order valence-corrected chi connectivity index (χ0v) is 14.1. The van der Waals surface area contributed by atoms with E-state index in [1.54, 1.807) is 30.3 Å². The molecule has 0 aromatic heterocycles. The fraction of sp³-hybridized carbons (Fsp3) is 0.263. The van der Waals surface area contributed by atoms with Gasteiger partial charge in [0.15, 0.2) is 0 Å². The number of ether oxygens (including phenoxy) is 1. The van der Waals surface area contributed by atoms with Crippen LogP contribution in [0, 0.1) is 10.1 Å². The maximum absolute atomic E-state index is 12.3. The van der Waals surface area contributed by atoms with Gasteiger partial charge in [-0.2, -0.15) is 0 Å². The molecule has 0 unspecified atom stereocenters. The first kappa shape index (κ1) is 17.6. The smallest absolute Gasteiger partial charge is 0.345 e. The highest BCUT2D eigenvalue weighted by molar-refractivity contribution is 5.94. The van der Waals surface area contributed by atoms with Gasteiger partial charge in [-0.05, 0) is 36.6 Å². The van der Waals surface area contributed by atoms with Crippen LogP contribution in [0.25, 0.3) is 0 Å². The monoisotopic (exact) mass is 354 g/mol. The Labute approximate surface area is 150 Å². The number of rotatable bonds is 5. The number of amides is 1. The third kappa shape index (κ3) is 3.88. The second-order valence-electron chi connectivity index (χ2n) is 6.05. The summed E-state index contributed by atoms with van der Waals surface area (Å²) >= 11 is 0. The number of carbonyl (C=O) groups excluding carboxylic acids is 2. The molecule has 3 rings (SSSR count). The Kier molecular flexibility index (Phi) is 5.26. The lowest BCUT2D eigenvalue weighted by Crippen LogP contribution is -2.27. The molecular weight excluding hydrogens is 336 g/mol. The Bertz CT molecular complexity index is 826. The number of nitrogens with zero attached hydrogens (tertiary/aromatic N) is 2. The van der Waals surface area contributed by atoms with Gasteiger partial charge >= 0.3 is 5.97 Å². The van der Waals surface area contributed by atoms with Gasteiger partial charge in [0.25, 0.3) is 11.6 Å². The average molecular weight is 354 g/mol. The van der Waals surface area contributed by atoms with E-state index in [9.17, 15) is 19.7 Å². The highest BCUT2D eigenvalue weighted by Crippen LogP contribution is 2.19. The minimum atomic E-state index is -0.755. The molecule has 7 heteroatoms. The molecular formula is C19H18N2O5. The quantitative estimate of drug-likeness (QED) is 0.467. The third-order valence-corrected chi connectivity index (χ3v) is 4.28. The zero-order valence-electron chi connectivity index (χ0n) is 14.1. The van der Waals surface area contributed by atoms with Gasteiger partial charge in [0, 0.05) is 24.7 Å². The van der Waals surface area contributed by atoms with E-state index in [4.69, 9.17) is 4.74 Å². The summed E-state index contributed by atoms with van der Waals surface area (Å²) in [7, 11) is 0. The van der Waals surface area contributed by atoms with Crippen molar-refractivity contribution in [2.45, 2.75) is 19.4 Å². The standard InChI is InChI=1S/C19H18N2O5/c22-18(20-11-3-4-12-20)15-9-7-14(8-10-15)13-26-19(23)16-5-1-2-6-17(16)21(24)25/h1-2,5-10H,3-4,11-13H2. The molecule has 1 heterocycles. The molecule has 1 saturated heterocycles. The van der Waals surface area contributed by atoms with E-state index in [0.717, 1.165) is 25.9 Å². The number of carbonyl (C=O) groups is 2. The van der Waals surface area contributed by atoms with Crippen LogP contribution in [0.4, 0.5) is 5.69 Å². The summed E-state index contributed by atoms with van der Waals surface area (Å²) < 4.78 is 5.17. The largest absolute Gasteiger partial charge is 0.457 e. The molecule has 0 spiro atoms. The van der Waals surface area contributed by atoms with Gasteiger partial charge in [0.05, 0.1) is 4.92 Å². The Hall–Kier alpha value is -3.22. The van der Waals surface area contributed by atoms with Crippen molar-refractivity contribution in [3.63, 3.8) is 0 Å². The lowest BCUT2D eigenvalue weighted by atomic mass is 10.1. The maximum atomic E-state index is 12.3. The first-order valence-corrected chi connectivity index (χ1v) is 8.35. The number of hydrogen-bond acceptors (Lipinski definition) is 5. The van der Waals surface area contributed by atoms with Crippen molar-refractivity contribution in [1.82, 2.24) is 4.90 Å². The summed E-state index contributed by atoms with van der Waals surface area (Å²) in [5.74, 6) is -0.750. The number of para-hydroxylation sites is 1. The molecule has 0 saturated carbocycles. The van der Waals surface area contributed by atoms with Crippen LogP contribution in [-0.2, 0) is 11.3 Å². The number of esters is 1. The molecule has 7 nitrogen and oxygen atoms in total. The Morgan fingerprint density at radius 2 is 1.69 bits per heavy atom. The topological polar surface area (TPSA) is 89.8 Å². The van der Waals surface area contributed by atoms with E-state index < -0.39 is 10.9 Å². The van der Waals surface area contributed by atoms with Crippen molar-refractivity contribution in [1.29, 1.82) is 0 Å². The molecule has 0 aliphatic carbocycles. The van der Waals surface area contributed by atoms with Crippen molar-refractivity contribution in [3.8, 4) is 0 Å². The zero-order chi connectivity index (χ0) is 18.5. The van der Waals surface area contributed by atoms with Gasteiger partial charge in [-0.25, -0.2) is 4.79 Å². The molecule has 0 radical (unpaired) electrons. The van der Waals surface area contributed by atoms with Crippen molar-refractivity contribution < 1.29 is 19.2 Å². The van der Waals surface area contributed by atoms with Crippen molar-refractivity contribution in [3.05, 3.63) is 75.3 Å². The second kappa shape index (κ2) is 7.77. The van der Waals surface area contributed by atoms with E-state index in [1.165, 1.54) is 18.2 Å². The van der Waals surface area contributed by atoms with E-state index >= 15 is 0 Å². The predicted octanol–water partition coefficient (Wildman–Crippen LogP) is 3.19. The van der Waals surface area contributed by atoms with E-state index in [1.807, 2.05) is 4.90 Å². The van der Waals surface area contributed by atoms with Crippen LogP contribution in [0.15, 0.2) is 48.5 Å². The van der Waals surface area contributed by atoms with Gasteiger partial charge in [-0.15, -0.1) is 0 Å². The second-order valence-corrected chi connectivity index (χ2v) is 6.05. The summed E-state index contributed by atoms with van der Waals surface area (Å²) in [5, 5.41) is 11.0. The normalized spacial score (nSPS) is 13.5. The highest BCUT2D eigenvalue weighted by Gasteiger charge is 2.21. The summed E-state index contributed by atoms with van der Waals surface area (Å²) in [6.07, 6.45) is 2.07. The molecule has 1 aliphatic rings. The molecule has 1 amide bonds. The fourth-order valence-electron chi connectivity index (χ4n) is 2.88. The van der Waals surface area contributed by atoms with Crippen LogP contribution in [0.5, 0.6) is 0 Å². The lowest BCUT2D eigenvalue weighted by Gasteiger charge is -2.15. The summed E-state index contributed by atoms with van der Waals surface area (Å²) in [6.45, 7) is 1.55. The first-order chi connectivity index (χ1) is 12.6. The molecule has 0 bridgehead atoms. The Morgan fingerprint density at radius 3 is 2.35 bits per heavy atom. The van der Waals surface area contributed by atoms with Gasteiger partial charge in [-0.3, -0.25) is 14.9 Å². The van der Waals surface area contributed by atoms with Crippen LogP contribution in [-0.4, -0.2) is 34.8 Å². The third-order valence-electron chi connectivity index (χ3n) is 4.28. The summed E-state index contributed by atoms with van der Waals surface area (Å²) in [6, 6.07) is 12.5. The first-order valence-electron chi connectivity index (χ1n) is 8.35. The minimum absolute atomic E-state index is 0.00551. The van der Waals surface area contributed by atoms with E-state index in [-0.39, 0.29) is 23.8 Å². The fourth-order valence-corrected chi connectivity index (χ4v) is 2.88. The van der Waals surface area contributed by atoms with Crippen molar-refractivity contribution in [2.75, 3.05) is 13.1 Å². The molecule has 2 aromatic carbocycles. The molecule has 26 heavy (non-hydrogen) atoms. The highest BCUT2D eigenvalue weighted by atomic mass is 16.6. The Morgan fingerprint density at radius 1 is 1.04 bits per heavy atom. The van der Waals surface area contributed by atoms with E-state index in [2.05, 4.69) is 0 Å². The van der Waals surface area contributed by atoms with Crippen molar-refractivity contribution >= 4 is 17.6 Å². The molecule has 1 aliphatic heterocycles. The number of benzene rings is 2. The number of nitro groups is 1. The Balaban J connectivity index is 1.62. The average Bonchev–Trinajstić information content (AvgIpc) is 3.20. The molecule has 1 fully saturated rings. The predicted molar refractivity (Wildman–Crippen MR) is 93.8 cm³/mol. The van der Waals surface area contributed by atoms with Crippen LogP contribution in [0.3, 0.4) is 0 Å². The molecule has 0 N–H and O–H groups in total. The van der Waals surface area contributed by atoms with E-state index in [0.29, 0.717) is 11.1 Å². The molecule has 134 valence electrons. The summed E-state index contributed by atoms with van der Waals surface area (Å²) in [4.78, 5) is 36.6. The van der Waals surface area contributed by atoms with Crippen LogP contribution < -0.4 is 0 Å². The maximum Gasteiger partial charge on any atom is 0.345 e. The molecule has 2 aromatic rings. The van der Waals surface area contributed by atoms with Gasteiger partial charge in [-0.1, -0.05) is 24.3 Å². The van der Waals surface area contributed by atoms with Crippen LogP contribution in [0.1, 0.15) is 39.1 Å². The SMILES string of the molecule is O=C(OCc1ccc(C(=O)N2CCCC2)cc1)c1ccccc1[N+](=O)[O-]. The van der Waals surface area contributed by atoms with Crippen LogP contribution >= 0.6 is 0 Å². The number of likely N-dealkylation sites (tertiary alicyclic amines) is 1. The number of nitro benzene ring substituents is 1. The lowest BCUT2D eigenvalue weighted by molar-refractivity contribution is -0.385. The van der Waals surface area contributed by atoms with Crippen LogP contribution in [0.2, 0.25) is 0 Å². The number of hydrogen-bond donors (Lipinski definition) is 0. The van der Waals surface area contributed by atoms with Gasteiger partial charge in [0.1, 0.15) is 12.2 Å². The molecule has 0 atom stereocenters. The van der Waals surface area contributed by atoms with Crippen molar-refractivity contribution in [2.24, 2.45) is 0 Å². The van der Waals surface area contributed by atoms with Gasteiger partial charge in [0.2, 0.25) is 0 Å². The van der Waals surface area contributed by atoms with Gasteiger partial charge < -0.3 is 9.64 Å².